The van der Waals surface area contributed by atoms with Crippen LogP contribution >= 0.6 is 0 Å². The van der Waals surface area contributed by atoms with Gasteiger partial charge in [0.2, 0.25) is 0 Å². The number of nitrogens with one attached hydrogen (secondary N) is 1. The molecule has 0 saturated heterocycles. The van der Waals surface area contributed by atoms with Crippen LogP contribution in [0, 0.1) is 0 Å². The van der Waals surface area contributed by atoms with E-state index in [0.717, 1.165) is 11.3 Å². The van der Waals surface area contributed by atoms with Crippen LogP contribution in [0.15, 0.2) is 42.5 Å². The van der Waals surface area contributed by atoms with Gasteiger partial charge in [0.1, 0.15) is 0 Å². The van der Waals surface area contributed by atoms with E-state index in [9.17, 15) is 4.79 Å². The van der Waals surface area contributed by atoms with Gasteiger partial charge in [0.05, 0.1) is 6.54 Å². The van der Waals surface area contributed by atoms with E-state index in [0.29, 0.717) is 13.0 Å². The molecular formula is C12H15NO. The van der Waals surface area contributed by atoms with Crippen LogP contribution in [-0.2, 0) is 4.79 Å². The highest BCUT2D eigenvalue weighted by Crippen LogP contribution is 2.05. The molecule has 0 heterocycles. The normalized spacial score (nSPS) is 9.50. The number of anilines is 1. The Labute approximate surface area is 84.6 Å². The molecule has 2 nitrogen and oxygen atoms in total. The predicted octanol–water partition coefficient (Wildman–Crippen LogP) is 2.63. The Bertz CT molecular complexity index is 316. The molecule has 0 aromatic heterocycles. The summed E-state index contributed by atoms with van der Waals surface area (Å²) in [6, 6.07) is 9.69. The topological polar surface area (TPSA) is 29.1 Å². The van der Waals surface area contributed by atoms with Crippen molar-refractivity contribution in [1.29, 1.82) is 0 Å². The number of ketones is 1. The molecule has 1 aromatic carbocycles. The van der Waals surface area contributed by atoms with Gasteiger partial charge in [0.25, 0.3) is 0 Å². The Morgan fingerprint density at radius 2 is 2.00 bits per heavy atom. The number of rotatable bonds is 5. The van der Waals surface area contributed by atoms with Crippen molar-refractivity contribution in [2.45, 2.75) is 13.3 Å². The van der Waals surface area contributed by atoms with Gasteiger partial charge in [-0.2, -0.15) is 0 Å². The fraction of sp³-hybridized carbons (Fsp3) is 0.250. The molecule has 0 aliphatic rings. The van der Waals surface area contributed by atoms with Crippen molar-refractivity contribution in [2.75, 3.05) is 11.9 Å². The summed E-state index contributed by atoms with van der Waals surface area (Å²) < 4.78 is 0. The van der Waals surface area contributed by atoms with Gasteiger partial charge in [-0.05, 0) is 19.1 Å². The number of benzene rings is 1. The largest absolute Gasteiger partial charge is 0.378 e. The Kier molecular flexibility index (Phi) is 3.92. The molecule has 0 atom stereocenters. The SMILES string of the molecule is C=C(C)CC(=O)CNc1ccccc1. The van der Waals surface area contributed by atoms with Crippen molar-refractivity contribution in [3.63, 3.8) is 0 Å². The highest BCUT2D eigenvalue weighted by Gasteiger charge is 2.00. The lowest BCUT2D eigenvalue weighted by atomic mass is 10.2. The zero-order valence-corrected chi connectivity index (χ0v) is 8.42. The van der Waals surface area contributed by atoms with E-state index in [4.69, 9.17) is 0 Å². The lowest BCUT2D eigenvalue weighted by Crippen LogP contribution is -2.13. The molecule has 0 bridgehead atoms. The van der Waals surface area contributed by atoms with Gasteiger partial charge in [-0.15, -0.1) is 0 Å². The summed E-state index contributed by atoms with van der Waals surface area (Å²) in [6.45, 7) is 5.93. The van der Waals surface area contributed by atoms with Crippen LogP contribution in [0.1, 0.15) is 13.3 Å². The van der Waals surface area contributed by atoms with Crippen LogP contribution in [0.4, 0.5) is 5.69 Å². The smallest absolute Gasteiger partial charge is 0.155 e. The standard InChI is InChI=1S/C12H15NO/c1-10(2)8-12(14)9-13-11-6-4-3-5-7-11/h3-7,13H,1,8-9H2,2H3. The molecule has 14 heavy (non-hydrogen) atoms. The molecule has 1 N–H and O–H groups in total. The van der Waals surface area contributed by atoms with Crippen molar-refractivity contribution in [1.82, 2.24) is 0 Å². The molecular weight excluding hydrogens is 174 g/mol. The molecule has 1 rings (SSSR count). The third-order valence-corrected chi connectivity index (χ3v) is 1.76. The van der Waals surface area contributed by atoms with Crippen molar-refractivity contribution >= 4 is 11.5 Å². The van der Waals surface area contributed by atoms with Crippen LogP contribution < -0.4 is 5.32 Å². The van der Waals surface area contributed by atoms with E-state index in [2.05, 4.69) is 11.9 Å². The molecule has 0 fully saturated rings. The zero-order chi connectivity index (χ0) is 10.4. The summed E-state index contributed by atoms with van der Waals surface area (Å²) in [4.78, 5) is 11.3. The van der Waals surface area contributed by atoms with Crippen LogP contribution in [0.5, 0.6) is 0 Å². The van der Waals surface area contributed by atoms with E-state index in [1.54, 1.807) is 0 Å². The summed E-state index contributed by atoms with van der Waals surface area (Å²) >= 11 is 0. The van der Waals surface area contributed by atoms with Crippen molar-refractivity contribution < 1.29 is 4.79 Å². The van der Waals surface area contributed by atoms with Crippen molar-refractivity contribution in [2.24, 2.45) is 0 Å². The van der Waals surface area contributed by atoms with E-state index < -0.39 is 0 Å². The minimum Gasteiger partial charge on any atom is -0.378 e. The van der Waals surface area contributed by atoms with Gasteiger partial charge >= 0.3 is 0 Å². The summed E-state index contributed by atoms with van der Waals surface area (Å²) in [6.07, 6.45) is 0.458. The molecule has 0 aliphatic carbocycles. The number of allylic oxidation sites excluding steroid dienone is 1. The van der Waals surface area contributed by atoms with Gasteiger partial charge < -0.3 is 5.32 Å². The lowest BCUT2D eigenvalue weighted by Gasteiger charge is -2.04. The summed E-state index contributed by atoms with van der Waals surface area (Å²) in [5, 5.41) is 3.06. The third-order valence-electron chi connectivity index (χ3n) is 1.76. The summed E-state index contributed by atoms with van der Waals surface area (Å²) in [5.74, 6) is 0.168. The molecule has 0 unspecified atom stereocenters. The monoisotopic (exact) mass is 189 g/mol. The van der Waals surface area contributed by atoms with E-state index >= 15 is 0 Å². The number of carbonyl (C=O) groups is 1. The molecule has 0 spiro atoms. The number of para-hydroxylation sites is 1. The maximum absolute atomic E-state index is 11.3. The Morgan fingerprint density at radius 3 is 2.57 bits per heavy atom. The summed E-state index contributed by atoms with van der Waals surface area (Å²) in [7, 11) is 0. The van der Waals surface area contributed by atoms with Crippen LogP contribution in [0.2, 0.25) is 0 Å². The minimum absolute atomic E-state index is 0.168. The fourth-order valence-corrected chi connectivity index (χ4v) is 1.16. The van der Waals surface area contributed by atoms with E-state index in [-0.39, 0.29) is 5.78 Å². The van der Waals surface area contributed by atoms with Gasteiger partial charge in [0.15, 0.2) is 5.78 Å². The second kappa shape index (κ2) is 5.22. The second-order valence-electron chi connectivity index (χ2n) is 3.39. The fourth-order valence-electron chi connectivity index (χ4n) is 1.16. The van der Waals surface area contributed by atoms with Crippen molar-refractivity contribution in [3.8, 4) is 0 Å². The average Bonchev–Trinajstić information content (AvgIpc) is 2.15. The molecule has 0 radical (unpaired) electrons. The molecule has 2 heteroatoms. The number of hydrogen-bond donors (Lipinski definition) is 1. The molecule has 0 saturated carbocycles. The molecule has 1 aromatic rings. The van der Waals surface area contributed by atoms with Gasteiger partial charge in [0, 0.05) is 12.1 Å². The first-order valence-corrected chi connectivity index (χ1v) is 4.63. The zero-order valence-electron chi connectivity index (χ0n) is 8.42. The second-order valence-corrected chi connectivity index (χ2v) is 3.39. The maximum atomic E-state index is 11.3. The van der Waals surface area contributed by atoms with Gasteiger partial charge in [-0.25, -0.2) is 0 Å². The van der Waals surface area contributed by atoms with Crippen LogP contribution in [-0.4, -0.2) is 12.3 Å². The average molecular weight is 189 g/mol. The first kappa shape index (κ1) is 10.5. The number of Topliss-reactive ketones (excluding diaryl/α,β-unsaturated/α-hetero) is 1. The van der Waals surface area contributed by atoms with Gasteiger partial charge in [-0.3, -0.25) is 4.79 Å². The van der Waals surface area contributed by atoms with Crippen molar-refractivity contribution in [3.05, 3.63) is 42.5 Å². The number of carbonyl (C=O) groups excluding carboxylic acids is 1. The van der Waals surface area contributed by atoms with E-state index in [1.807, 2.05) is 37.3 Å². The highest BCUT2D eigenvalue weighted by atomic mass is 16.1. The third kappa shape index (κ3) is 3.90. The lowest BCUT2D eigenvalue weighted by molar-refractivity contribution is -0.116. The quantitative estimate of drug-likeness (QED) is 0.721. The van der Waals surface area contributed by atoms with Gasteiger partial charge in [-0.1, -0.05) is 30.4 Å². The van der Waals surface area contributed by atoms with E-state index in [1.165, 1.54) is 0 Å². The maximum Gasteiger partial charge on any atom is 0.155 e. The Balaban J connectivity index is 2.34. The Hall–Kier alpha value is -1.57. The highest BCUT2D eigenvalue weighted by molar-refractivity contribution is 5.84. The predicted molar refractivity (Wildman–Crippen MR) is 59.4 cm³/mol. The first-order chi connectivity index (χ1) is 6.68. The Morgan fingerprint density at radius 1 is 1.36 bits per heavy atom. The minimum atomic E-state index is 0.168. The molecule has 74 valence electrons. The number of hydrogen-bond acceptors (Lipinski definition) is 2. The first-order valence-electron chi connectivity index (χ1n) is 4.63. The van der Waals surface area contributed by atoms with Crippen LogP contribution in [0.25, 0.3) is 0 Å². The van der Waals surface area contributed by atoms with Crippen LogP contribution in [0.3, 0.4) is 0 Å². The molecule has 0 aliphatic heterocycles. The summed E-state index contributed by atoms with van der Waals surface area (Å²) in [5.41, 5.74) is 1.88. The molecule has 0 amide bonds.